The normalized spacial score (nSPS) is 24.9. The molecule has 19 heteroatoms. The van der Waals surface area contributed by atoms with Gasteiger partial charge < -0.3 is 56.2 Å². The van der Waals surface area contributed by atoms with Crippen LogP contribution in [0.15, 0.2) is 48.5 Å². The summed E-state index contributed by atoms with van der Waals surface area (Å²) in [6.45, 7) is 2.15. The Kier molecular flexibility index (Phi) is 16.6. The molecule has 6 heterocycles. The number of fused-ring (bicyclic) bond motifs is 2. The minimum atomic E-state index is -0.973. The predicted octanol–water partition coefficient (Wildman–Crippen LogP) is 5.21. The van der Waals surface area contributed by atoms with Crippen LogP contribution in [-0.2, 0) is 24.0 Å². The zero-order chi connectivity index (χ0) is 52.8. The predicted molar refractivity (Wildman–Crippen MR) is 279 cm³/mol. The van der Waals surface area contributed by atoms with Crippen molar-refractivity contribution in [1.82, 2.24) is 41.0 Å². The molecule has 2 aromatic carbocycles. The molecule has 6 fully saturated rings. The number of carbonyl (C=O) groups is 7. The summed E-state index contributed by atoms with van der Waals surface area (Å²) >= 11 is 0. The first-order chi connectivity index (χ1) is 36.3. The fourth-order valence-electron chi connectivity index (χ4n) is 13.0. The van der Waals surface area contributed by atoms with E-state index < -0.39 is 36.0 Å². The molecular formula is C56H72N10O9. The third-order valence-corrected chi connectivity index (χ3v) is 17.1. The maximum absolute atomic E-state index is 13.8. The van der Waals surface area contributed by atoms with Crippen molar-refractivity contribution in [3.8, 4) is 17.6 Å². The number of hydrogen-bond donors (Lipinski definition) is 7. The second-order valence-electron chi connectivity index (χ2n) is 21.6. The van der Waals surface area contributed by atoms with E-state index in [9.17, 15) is 38.8 Å². The fourth-order valence-corrected chi connectivity index (χ4v) is 13.0. The van der Waals surface area contributed by atoms with Crippen molar-refractivity contribution in [3.05, 3.63) is 59.9 Å². The number of aromatic nitrogens is 2. The molecule has 0 unspecified atom stereocenters. The Morgan fingerprint density at radius 1 is 0.653 bits per heavy atom. The highest BCUT2D eigenvalue weighted by Gasteiger charge is 2.46. The lowest BCUT2D eigenvalue weighted by Crippen LogP contribution is -2.53. The van der Waals surface area contributed by atoms with E-state index in [0.717, 1.165) is 47.5 Å². The van der Waals surface area contributed by atoms with Gasteiger partial charge in [-0.2, -0.15) is 5.26 Å². The standard InChI is InChI=1S/C28H37N5O5.C28H35N5O4/c1-38-24-9-5-8-20-19(24)14-22(31-20)28(37)33-15-18(16-6-3-2-4-7-16)13-23(33)27(36)32-21(25(29)34)12-17-10-11-30-26(17)35;1-37-25-9-5-8-22-21(25)14-23(32-22)28(36)33-16-19(17-6-3-2-4-7-17)13-24(33)27(35)31-20(15-29)12-18-10-11-30-26(18)34/h5,8-9,14,16-18,21,23,31H,2-4,6-7,10-13,15H2,1H3,(H2,29,34)(H,30,35)(H,32,36);5,8-9,14,17-20,24,32H,2-4,6-7,10-13,16H2,1H3,(H,30,34)(H,31,35)/t17-,18+,21-,23-;18-,19+,20-,24-/m00/s1. The summed E-state index contributed by atoms with van der Waals surface area (Å²) in [4.78, 5) is 101. The fraction of sp³-hybridized carbons (Fsp3) is 0.571. The molecule has 19 nitrogen and oxygen atoms in total. The maximum Gasteiger partial charge on any atom is 0.270 e. The first-order valence-corrected chi connectivity index (χ1v) is 27.1. The van der Waals surface area contributed by atoms with Gasteiger partial charge >= 0.3 is 0 Å². The number of hydrogen-bond acceptors (Lipinski definition) is 10. The molecule has 10 rings (SSSR count). The van der Waals surface area contributed by atoms with Gasteiger partial charge in [0.05, 0.1) is 20.3 Å². The van der Waals surface area contributed by atoms with E-state index in [2.05, 4.69) is 37.3 Å². The number of nitriles is 1. The van der Waals surface area contributed by atoms with Crippen LogP contribution in [0.3, 0.4) is 0 Å². The van der Waals surface area contributed by atoms with Gasteiger partial charge in [0.15, 0.2) is 0 Å². The largest absolute Gasteiger partial charge is 0.496 e. The molecular weight excluding hydrogens is 957 g/mol. The first-order valence-electron chi connectivity index (χ1n) is 27.1. The van der Waals surface area contributed by atoms with E-state index in [1.807, 2.05) is 36.4 Å². The minimum absolute atomic E-state index is 0.0706. The topological polar surface area (TPSA) is 274 Å². The number of ether oxygens (including phenoxy) is 2. The average Bonchev–Trinajstić information content (AvgIpc) is 4.32. The van der Waals surface area contributed by atoms with E-state index in [4.69, 9.17) is 15.2 Å². The summed E-state index contributed by atoms with van der Waals surface area (Å²) in [6.07, 6.45) is 14.5. The third kappa shape index (κ3) is 11.7. The lowest BCUT2D eigenvalue weighted by molar-refractivity contribution is -0.131. The molecule has 4 saturated heterocycles. The van der Waals surface area contributed by atoms with Gasteiger partial charge in [0.25, 0.3) is 11.8 Å². The number of nitrogens with zero attached hydrogens (tertiary/aromatic N) is 3. The quantitative estimate of drug-likeness (QED) is 0.0817. The van der Waals surface area contributed by atoms with Crippen molar-refractivity contribution in [3.63, 3.8) is 0 Å². The van der Waals surface area contributed by atoms with Gasteiger partial charge in [-0.25, -0.2) is 0 Å². The van der Waals surface area contributed by atoms with E-state index >= 15 is 0 Å². The third-order valence-electron chi connectivity index (χ3n) is 17.1. The molecule has 0 bridgehead atoms. The van der Waals surface area contributed by atoms with E-state index in [-0.39, 0.29) is 66.0 Å². The van der Waals surface area contributed by atoms with Gasteiger partial charge in [-0.3, -0.25) is 33.6 Å². The highest BCUT2D eigenvalue weighted by atomic mass is 16.5. The molecule has 4 aliphatic heterocycles. The minimum Gasteiger partial charge on any atom is -0.496 e. The zero-order valence-corrected chi connectivity index (χ0v) is 43.1. The molecule has 7 amide bonds. The molecule has 4 aromatic rings. The van der Waals surface area contributed by atoms with Crippen molar-refractivity contribution in [1.29, 1.82) is 5.26 Å². The number of benzene rings is 2. The molecule has 0 radical (unpaired) electrons. The van der Waals surface area contributed by atoms with Gasteiger partial charge in [0, 0.05) is 59.8 Å². The summed E-state index contributed by atoms with van der Waals surface area (Å²) < 4.78 is 10.9. The second-order valence-corrected chi connectivity index (χ2v) is 21.6. The number of nitrogens with two attached hydrogens (primary N) is 1. The molecule has 400 valence electrons. The van der Waals surface area contributed by atoms with Crippen molar-refractivity contribution < 1.29 is 43.0 Å². The molecule has 8 atom stereocenters. The van der Waals surface area contributed by atoms with Gasteiger partial charge in [0.1, 0.15) is 47.1 Å². The number of aromatic amines is 2. The summed E-state index contributed by atoms with van der Waals surface area (Å²) in [7, 11) is 3.18. The van der Waals surface area contributed by atoms with Crippen LogP contribution in [-0.4, -0.2) is 126 Å². The van der Waals surface area contributed by atoms with Crippen LogP contribution in [0.1, 0.15) is 124 Å². The van der Waals surface area contributed by atoms with Crippen LogP contribution >= 0.6 is 0 Å². The van der Waals surface area contributed by atoms with Crippen LogP contribution in [0.4, 0.5) is 0 Å². The van der Waals surface area contributed by atoms with Crippen LogP contribution in [0.2, 0.25) is 0 Å². The SMILES string of the molecule is COc1cccc2[nH]c(C(=O)N3C[C@H](C4CCCCC4)C[C@H]3C(=O)N[C@@H](C[C@@H]3CCNC3=O)C(N)=O)cc12.COc1cccc2[nH]c(C(=O)N3C[C@H](C4CCCCC4)C[C@H]3C(=O)N[C@H](C#N)C[C@@H]3CCNC3=O)cc12. The smallest absolute Gasteiger partial charge is 0.270 e. The Morgan fingerprint density at radius 2 is 1.11 bits per heavy atom. The van der Waals surface area contributed by atoms with E-state index in [1.54, 1.807) is 36.2 Å². The number of H-pyrrole nitrogens is 2. The second kappa shape index (κ2) is 23.6. The van der Waals surface area contributed by atoms with Crippen molar-refractivity contribution in [2.75, 3.05) is 40.4 Å². The molecule has 0 spiro atoms. The van der Waals surface area contributed by atoms with Gasteiger partial charge in [-0.15, -0.1) is 0 Å². The van der Waals surface area contributed by atoms with E-state index in [1.165, 1.54) is 38.5 Å². The number of rotatable bonds is 15. The monoisotopic (exact) mass is 1030 g/mol. The maximum atomic E-state index is 13.8. The Morgan fingerprint density at radius 3 is 1.52 bits per heavy atom. The molecule has 2 aliphatic carbocycles. The summed E-state index contributed by atoms with van der Waals surface area (Å²) in [5.74, 6) is 0.0482. The Hall–Kier alpha value is -7.10. The highest BCUT2D eigenvalue weighted by molar-refractivity contribution is 6.03. The van der Waals surface area contributed by atoms with Gasteiger partial charge in [-0.05, 0) is 98.6 Å². The molecule has 2 saturated carbocycles. The Bertz CT molecular complexity index is 2810. The number of primary amides is 1. The Labute approximate surface area is 437 Å². The van der Waals surface area contributed by atoms with Crippen LogP contribution in [0, 0.1) is 46.8 Å². The zero-order valence-electron chi connectivity index (χ0n) is 43.1. The van der Waals surface area contributed by atoms with Crippen molar-refractivity contribution in [2.24, 2.45) is 41.2 Å². The first kappa shape index (κ1) is 52.8. The molecule has 2 aromatic heterocycles. The summed E-state index contributed by atoms with van der Waals surface area (Å²) in [5, 5.41) is 22.5. The molecule has 8 N–H and O–H groups in total. The Balaban J connectivity index is 0.000000184. The van der Waals surface area contributed by atoms with Crippen LogP contribution in [0.25, 0.3) is 21.8 Å². The number of amides is 7. The lowest BCUT2D eigenvalue weighted by atomic mass is 9.79. The van der Waals surface area contributed by atoms with Gasteiger partial charge in [0.2, 0.25) is 29.5 Å². The lowest BCUT2D eigenvalue weighted by Gasteiger charge is -2.27. The number of nitrogens with one attached hydrogen (secondary N) is 6. The van der Waals surface area contributed by atoms with Crippen LogP contribution in [0.5, 0.6) is 11.5 Å². The number of carbonyl (C=O) groups excluding carboxylic acids is 7. The van der Waals surface area contributed by atoms with E-state index in [0.29, 0.717) is 86.6 Å². The van der Waals surface area contributed by atoms with Crippen molar-refractivity contribution >= 4 is 63.2 Å². The molecule has 75 heavy (non-hydrogen) atoms. The number of likely N-dealkylation sites (tertiary alicyclic amines) is 2. The highest BCUT2D eigenvalue weighted by Crippen LogP contribution is 2.41. The summed E-state index contributed by atoms with van der Waals surface area (Å²) in [5.41, 5.74) is 8.01. The average molecular weight is 1030 g/mol. The van der Waals surface area contributed by atoms with Gasteiger partial charge in [-0.1, -0.05) is 76.3 Å². The molecule has 6 aliphatic rings. The van der Waals surface area contributed by atoms with Crippen LogP contribution < -0.4 is 36.5 Å². The van der Waals surface area contributed by atoms with Crippen molar-refractivity contribution in [2.45, 2.75) is 127 Å². The number of methoxy groups -OCH3 is 2. The summed E-state index contributed by atoms with van der Waals surface area (Å²) in [6, 6.07) is 13.8.